The SMILES string of the molecule is CC(=O)N1CCCc2cc(S(=O)(=O)N3CCCC(CN(C(=O)OC(C)(C)C)C(C)C)C3)ccc21. The summed E-state index contributed by atoms with van der Waals surface area (Å²) >= 11 is 0. The fourth-order valence-electron chi connectivity index (χ4n) is 4.70. The number of ether oxygens (including phenoxy) is 1. The maximum atomic E-state index is 13.5. The van der Waals surface area contributed by atoms with Crippen molar-refractivity contribution in [3.63, 3.8) is 0 Å². The van der Waals surface area contributed by atoms with Crippen molar-refractivity contribution >= 4 is 27.7 Å². The number of fused-ring (bicyclic) bond motifs is 1. The van der Waals surface area contributed by atoms with Crippen LogP contribution in [0.25, 0.3) is 0 Å². The van der Waals surface area contributed by atoms with Gasteiger partial charge in [0.1, 0.15) is 5.60 Å². The van der Waals surface area contributed by atoms with E-state index in [1.165, 1.54) is 6.92 Å². The van der Waals surface area contributed by atoms with Gasteiger partial charge in [0.05, 0.1) is 4.90 Å². The first-order valence-electron chi connectivity index (χ1n) is 12.2. The predicted octanol–water partition coefficient (Wildman–Crippen LogP) is 4.03. The minimum absolute atomic E-state index is 0.0317. The molecule has 1 aromatic rings. The lowest BCUT2D eigenvalue weighted by Gasteiger charge is -2.37. The maximum Gasteiger partial charge on any atom is 0.410 e. The summed E-state index contributed by atoms with van der Waals surface area (Å²) in [5.74, 6) is -0.000557. The Balaban J connectivity index is 1.76. The van der Waals surface area contributed by atoms with E-state index in [-0.39, 0.29) is 28.9 Å². The molecule has 1 atom stereocenters. The van der Waals surface area contributed by atoms with Gasteiger partial charge in [-0.25, -0.2) is 13.2 Å². The van der Waals surface area contributed by atoms with Crippen LogP contribution in [0.2, 0.25) is 0 Å². The highest BCUT2D eigenvalue weighted by molar-refractivity contribution is 7.89. The van der Waals surface area contributed by atoms with Gasteiger partial charge in [0, 0.05) is 44.8 Å². The van der Waals surface area contributed by atoms with Crippen molar-refractivity contribution in [1.82, 2.24) is 9.21 Å². The second-order valence-corrected chi connectivity index (χ2v) is 12.6. The molecule has 1 aromatic carbocycles. The molecule has 3 rings (SSSR count). The Morgan fingerprint density at radius 3 is 2.50 bits per heavy atom. The highest BCUT2D eigenvalue weighted by Gasteiger charge is 2.34. The first-order chi connectivity index (χ1) is 15.8. The van der Waals surface area contributed by atoms with Gasteiger partial charge in [-0.2, -0.15) is 4.31 Å². The number of carbonyl (C=O) groups is 2. The number of hydrogen-bond donors (Lipinski definition) is 0. The van der Waals surface area contributed by atoms with Crippen LogP contribution in [-0.4, -0.2) is 67.4 Å². The molecular weight excluding hydrogens is 454 g/mol. The quantitative estimate of drug-likeness (QED) is 0.618. The molecule has 34 heavy (non-hydrogen) atoms. The molecular formula is C25H39N3O5S. The van der Waals surface area contributed by atoms with E-state index in [9.17, 15) is 18.0 Å². The highest BCUT2D eigenvalue weighted by Crippen LogP contribution is 2.32. The van der Waals surface area contributed by atoms with Crippen LogP contribution in [0.5, 0.6) is 0 Å². The standard InChI is InChI=1S/C25H39N3O5S/c1-18(2)28(24(30)33-25(4,5)6)17-20-9-7-13-26(16-20)34(31,32)22-11-12-23-21(15-22)10-8-14-27(23)19(3)29/h11-12,15,18,20H,7-10,13-14,16-17H2,1-6H3. The monoisotopic (exact) mass is 493 g/mol. The van der Waals surface area contributed by atoms with E-state index in [0.29, 0.717) is 26.2 Å². The number of benzene rings is 1. The molecule has 0 spiro atoms. The number of carbonyl (C=O) groups excluding carboxylic acids is 2. The Kier molecular flexibility index (Phi) is 7.97. The van der Waals surface area contributed by atoms with Crippen molar-refractivity contribution in [3.8, 4) is 0 Å². The molecule has 8 nitrogen and oxygen atoms in total. The highest BCUT2D eigenvalue weighted by atomic mass is 32.2. The van der Waals surface area contributed by atoms with Crippen LogP contribution in [0, 0.1) is 5.92 Å². The average Bonchev–Trinajstić information content (AvgIpc) is 2.75. The summed E-state index contributed by atoms with van der Waals surface area (Å²) in [4.78, 5) is 28.4. The van der Waals surface area contributed by atoms with E-state index < -0.39 is 15.6 Å². The molecule has 190 valence electrons. The maximum absolute atomic E-state index is 13.5. The smallest absolute Gasteiger partial charge is 0.410 e. The van der Waals surface area contributed by atoms with Crippen LogP contribution in [-0.2, 0) is 26.0 Å². The van der Waals surface area contributed by atoms with Crippen LogP contribution in [0.1, 0.15) is 66.4 Å². The van der Waals surface area contributed by atoms with Crippen LogP contribution in [0.4, 0.5) is 10.5 Å². The Bertz CT molecular complexity index is 1020. The van der Waals surface area contributed by atoms with Crippen molar-refractivity contribution in [3.05, 3.63) is 23.8 Å². The van der Waals surface area contributed by atoms with Gasteiger partial charge in [-0.15, -0.1) is 0 Å². The first kappa shape index (κ1) is 26.5. The lowest BCUT2D eigenvalue weighted by atomic mass is 9.98. The topological polar surface area (TPSA) is 87.2 Å². The zero-order chi connectivity index (χ0) is 25.3. The van der Waals surface area contributed by atoms with E-state index in [1.807, 2.05) is 34.6 Å². The van der Waals surface area contributed by atoms with Crippen molar-refractivity contribution in [1.29, 1.82) is 0 Å². The van der Waals surface area contributed by atoms with Gasteiger partial charge in [0.15, 0.2) is 0 Å². The molecule has 0 aliphatic carbocycles. The normalized spacial score (nSPS) is 19.6. The molecule has 2 aliphatic rings. The van der Waals surface area contributed by atoms with Gasteiger partial charge in [0.2, 0.25) is 15.9 Å². The number of nitrogens with zero attached hydrogens (tertiary/aromatic N) is 3. The number of sulfonamides is 1. The molecule has 1 saturated heterocycles. The summed E-state index contributed by atoms with van der Waals surface area (Å²) in [5.41, 5.74) is 1.11. The number of hydrogen-bond acceptors (Lipinski definition) is 5. The minimum atomic E-state index is -3.68. The third-order valence-electron chi connectivity index (χ3n) is 6.38. The largest absolute Gasteiger partial charge is 0.444 e. The Morgan fingerprint density at radius 1 is 1.18 bits per heavy atom. The first-order valence-corrected chi connectivity index (χ1v) is 13.6. The third kappa shape index (κ3) is 6.10. The molecule has 0 bridgehead atoms. The summed E-state index contributed by atoms with van der Waals surface area (Å²) in [6.07, 6.45) is 2.80. The van der Waals surface area contributed by atoms with E-state index in [2.05, 4.69) is 0 Å². The summed E-state index contributed by atoms with van der Waals surface area (Å²) in [6.45, 7) is 12.9. The molecule has 2 heterocycles. The number of anilines is 1. The van der Waals surface area contributed by atoms with E-state index in [4.69, 9.17) is 4.74 Å². The number of amides is 2. The zero-order valence-electron chi connectivity index (χ0n) is 21.3. The minimum Gasteiger partial charge on any atom is -0.444 e. The molecule has 0 saturated carbocycles. The zero-order valence-corrected chi connectivity index (χ0v) is 22.2. The van der Waals surface area contributed by atoms with Crippen molar-refractivity contribution in [2.24, 2.45) is 5.92 Å². The van der Waals surface area contributed by atoms with Crippen LogP contribution >= 0.6 is 0 Å². The Morgan fingerprint density at radius 2 is 1.88 bits per heavy atom. The number of aryl methyl sites for hydroxylation is 1. The van der Waals surface area contributed by atoms with Gasteiger partial charge in [0.25, 0.3) is 0 Å². The molecule has 1 fully saturated rings. The van der Waals surface area contributed by atoms with Crippen LogP contribution in [0.3, 0.4) is 0 Å². The van der Waals surface area contributed by atoms with Crippen LogP contribution in [0.15, 0.2) is 23.1 Å². The molecule has 0 radical (unpaired) electrons. The lowest BCUT2D eigenvalue weighted by molar-refractivity contribution is -0.116. The molecule has 2 amide bonds. The van der Waals surface area contributed by atoms with Gasteiger partial charge in [-0.05, 0) is 90.0 Å². The second kappa shape index (κ2) is 10.2. The van der Waals surface area contributed by atoms with E-state index >= 15 is 0 Å². The molecule has 9 heteroatoms. The van der Waals surface area contributed by atoms with Crippen LogP contribution < -0.4 is 4.90 Å². The van der Waals surface area contributed by atoms with Gasteiger partial charge < -0.3 is 14.5 Å². The third-order valence-corrected chi connectivity index (χ3v) is 8.24. The van der Waals surface area contributed by atoms with E-state index in [1.54, 1.807) is 32.3 Å². The molecule has 2 aliphatic heterocycles. The molecule has 1 unspecified atom stereocenters. The Labute approximate surface area is 204 Å². The number of rotatable bonds is 5. The van der Waals surface area contributed by atoms with Crippen molar-refractivity contribution in [2.75, 3.05) is 31.1 Å². The summed E-state index contributed by atoms with van der Waals surface area (Å²) in [5, 5.41) is 0. The van der Waals surface area contributed by atoms with Crippen molar-refractivity contribution < 1.29 is 22.7 Å². The van der Waals surface area contributed by atoms with Gasteiger partial charge in [-0.3, -0.25) is 4.79 Å². The predicted molar refractivity (Wildman–Crippen MR) is 132 cm³/mol. The fourth-order valence-corrected chi connectivity index (χ4v) is 6.31. The van der Waals surface area contributed by atoms with Gasteiger partial charge in [-0.1, -0.05) is 0 Å². The summed E-state index contributed by atoms with van der Waals surface area (Å²) in [6, 6.07) is 5.05. The molecule has 0 aromatic heterocycles. The van der Waals surface area contributed by atoms with E-state index in [0.717, 1.165) is 36.9 Å². The number of piperidine rings is 1. The Hall–Kier alpha value is -2.13. The summed E-state index contributed by atoms with van der Waals surface area (Å²) in [7, 11) is -3.68. The lowest BCUT2D eigenvalue weighted by Crippen LogP contribution is -2.48. The molecule has 0 N–H and O–H groups in total. The average molecular weight is 494 g/mol. The second-order valence-electron chi connectivity index (χ2n) is 10.7. The van der Waals surface area contributed by atoms with Crippen molar-refractivity contribution in [2.45, 2.75) is 83.8 Å². The van der Waals surface area contributed by atoms with Gasteiger partial charge >= 0.3 is 6.09 Å². The fraction of sp³-hybridized carbons (Fsp3) is 0.680. The summed E-state index contributed by atoms with van der Waals surface area (Å²) < 4.78 is 34.1.